The zero-order valence-corrected chi connectivity index (χ0v) is 13.5. The normalized spacial score (nSPS) is 12.9. The van der Waals surface area contributed by atoms with Crippen molar-refractivity contribution in [1.29, 1.82) is 0 Å². The monoisotopic (exact) mass is 351 g/mol. The fraction of sp³-hybridized carbons (Fsp3) is 0.364. The highest BCUT2D eigenvalue weighted by atomic mass is 32.2. The van der Waals surface area contributed by atoms with Crippen LogP contribution in [0.15, 0.2) is 23.1 Å². The number of fused-ring (bicyclic) bond motifs is 1. The van der Waals surface area contributed by atoms with Crippen LogP contribution < -0.4 is 4.57 Å². The minimum Gasteiger partial charge on any atom is -0.744 e. The van der Waals surface area contributed by atoms with Gasteiger partial charge in [0, 0.05) is 19.4 Å². The second-order valence-corrected chi connectivity index (χ2v) is 8.68. The van der Waals surface area contributed by atoms with Gasteiger partial charge in [-0.3, -0.25) is 4.55 Å². The summed E-state index contributed by atoms with van der Waals surface area (Å²) in [6.45, 7) is 2.18. The minimum absolute atomic E-state index is 0.234. The Balaban J connectivity index is 2.35. The average molecular weight is 351 g/mol. The molecule has 0 unspecified atom stereocenters. The molecule has 21 heavy (non-hydrogen) atoms. The molecule has 0 spiro atoms. The van der Waals surface area contributed by atoms with Crippen LogP contribution in [0.1, 0.15) is 11.4 Å². The van der Waals surface area contributed by atoms with E-state index in [0.29, 0.717) is 11.2 Å². The number of aromatic nitrogens is 1. The fourth-order valence-electron chi connectivity index (χ4n) is 2.02. The Bertz CT molecular complexity index is 882. The van der Waals surface area contributed by atoms with Crippen molar-refractivity contribution < 1.29 is 30.5 Å². The van der Waals surface area contributed by atoms with Crippen molar-refractivity contribution in [3.63, 3.8) is 0 Å². The lowest BCUT2D eigenvalue weighted by Crippen LogP contribution is -2.35. The Morgan fingerprint density at radius 3 is 2.52 bits per heavy atom. The summed E-state index contributed by atoms with van der Waals surface area (Å²) < 4.78 is 65.6. The second-order valence-electron chi connectivity index (χ2n) is 4.50. The van der Waals surface area contributed by atoms with Gasteiger partial charge in [0.25, 0.3) is 10.1 Å². The topological polar surface area (TPSA) is 115 Å². The third-order valence-electron chi connectivity index (χ3n) is 2.93. The Morgan fingerprint density at radius 1 is 1.29 bits per heavy atom. The zero-order chi connectivity index (χ0) is 15.8. The van der Waals surface area contributed by atoms with Gasteiger partial charge in [0.15, 0.2) is 6.54 Å². The van der Waals surface area contributed by atoms with Crippen LogP contribution in [-0.2, 0) is 26.8 Å². The van der Waals surface area contributed by atoms with Crippen molar-refractivity contribution >= 4 is 41.8 Å². The van der Waals surface area contributed by atoms with Gasteiger partial charge < -0.3 is 4.55 Å². The molecule has 0 aliphatic rings. The smallest absolute Gasteiger partial charge is 0.265 e. The molecular formula is C11H13NO6S3. The van der Waals surface area contributed by atoms with Crippen LogP contribution in [0.5, 0.6) is 0 Å². The number of nitrogens with zero attached hydrogens (tertiary/aromatic N) is 1. The van der Waals surface area contributed by atoms with Gasteiger partial charge in [-0.05, 0) is 12.1 Å². The molecule has 0 aliphatic carbocycles. The molecule has 0 saturated carbocycles. The maximum atomic E-state index is 11.0. The maximum absolute atomic E-state index is 11.0. The molecule has 0 radical (unpaired) electrons. The Labute approximate surface area is 126 Å². The zero-order valence-electron chi connectivity index (χ0n) is 11.0. The number of hydrogen-bond acceptors (Lipinski definition) is 6. The van der Waals surface area contributed by atoms with E-state index in [1.807, 2.05) is 11.5 Å². The van der Waals surface area contributed by atoms with Crippen LogP contribution in [0.3, 0.4) is 0 Å². The lowest BCUT2D eigenvalue weighted by atomic mass is 10.3. The third kappa shape index (κ3) is 3.98. The highest BCUT2D eigenvalue weighted by molar-refractivity contribution is 7.86. The maximum Gasteiger partial charge on any atom is 0.265 e. The van der Waals surface area contributed by atoms with Crippen LogP contribution in [-0.4, -0.2) is 31.7 Å². The molecule has 2 rings (SSSR count). The Hall–Kier alpha value is -1.07. The first-order valence-corrected chi connectivity index (χ1v) is 9.75. The summed E-state index contributed by atoms with van der Waals surface area (Å²) in [6, 6.07) is 4.07. The Kier molecular flexibility index (Phi) is 4.36. The predicted molar refractivity (Wildman–Crippen MR) is 75.8 cm³/mol. The number of rotatable bonds is 5. The summed E-state index contributed by atoms with van der Waals surface area (Å²) >= 11 is 1.31. The molecule has 1 N–H and O–H groups in total. The molecule has 1 aromatic heterocycles. The van der Waals surface area contributed by atoms with Crippen LogP contribution in [0.2, 0.25) is 0 Å². The van der Waals surface area contributed by atoms with E-state index in [9.17, 15) is 21.4 Å². The lowest BCUT2D eigenvalue weighted by Gasteiger charge is -2.05. The van der Waals surface area contributed by atoms with E-state index in [-0.39, 0.29) is 17.1 Å². The van der Waals surface area contributed by atoms with Gasteiger partial charge in [-0.2, -0.15) is 13.0 Å². The molecule has 0 amide bonds. The van der Waals surface area contributed by atoms with Crippen molar-refractivity contribution in [3.8, 4) is 0 Å². The molecule has 1 heterocycles. The van der Waals surface area contributed by atoms with Gasteiger partial charge >= 0.3 is 0 Å². The molecule has 0 saturated heterocycles. The number of benzene rings is 1. The Morgan fingerprint density at radius 2 is 1.95 bits per heavy atom. The van der Waals surface area contributed by atoms with E-state index in [2.05, 4.69) is 0 Å². The third-order valence-corrected chi connectivity index (χ3v) is 5.63. The number of hydrogen-bond donors (Lipinski definition) is 1. The molecule has 0 fully saturated rings. The first-order chi connectivity index (χ1) is 9.58. The predicted octanol–water partition coefficient (Wildman–Crippen LogP) is 0.679. The van der Waals surface area contributed by atoms with E-state index < -0.39 is 20.2 Å². The number of aryl methyl sites for hydroxylation is 2. The summed E-state index contributed by atoms with van der Waals surface area (Å²) in [5.74, 6) is -0.343. The van der Waals surface area contributed by atoms with Crippen LogP contribution >= 0.6 is 11.3 Å². The highest BCUT2D eigenvalue weighted by Gasteiger charge is 2.19. The number of thiazole rings is 1. The standard InChI is InChI=1S/C11H13NO6S3/c1-8-12(5-2-6-20(13,14)15)10-4-3-9(21(16,17)18)7-11(10)19-8/h3-4,7H,2,5-6H2,1H3,(H-,13,14,15,16,17,18). The quantitative estimate of drug-likeness (QED) is 0.625. The van der Waals surface area contributed by atoms with Crippen molar-refractivity contribution in [3.05, 3.63) is 23.2 Å². The summed E-state index contributed by atoms with van der Waals surface area (Å²) in [6.07, 6.45) is 0.234. The molecule has 10 heteroatoms. The van der Waals surface area contributed by atoms with E-state index in [0.717, 1.165) is 10.5 Å². The van der Waals surface area contributed by atoms with Gasteiger partial charge in [0.05, 0.1) is 10.6 Å². The summed E-state index contributed by atoms with van der Waals surface area (Å²) in [7, 11) is -8.50. The van der Waals surface area contributed by atoms with E-state index in [4.69, 9.17) is 4.55 Å². The first-order valence-electron chi connectivity index (χ1n) is 5.92. The molecular weight excluding hydrogens is 338 g/mol. The molecule has 0 bridgehead atoms. The molecule has 2 aromatic rings. The summed E-state index contributed by atoms with van der Waals surface area (Å²) in [4.78, 5) is -0.290. The largest absolute Gasteiger partial charge is 0.744 e. The van der Waals surface area contributed by atoms with E-state index in [1.54, 1.807) is 0 Å². The SMILES string of the molecule is Cc1sc2cc(S(=O)(=O)[O-])ccc2[n+]1CCCS(=O)(=O)O. The average Bonchev–Trinajstić information content (AvgIpc) is 2.62. The van der Waals surface area contributed by atoms with Crippen LogP contribution in [0.4, 0.5) is 0 Å². The molecule has 0 atom stereocenters. The summed E-state index contributed by atoms with van der Waals surface area (Å²) in [5, 5.41) is 0.848. The van der Waals surface area contributed by atoms with Gasteiger partial charge in [-0.1, -0.05) is 11.3 Å². The van der Waals surface area contributed by atoms with Crippen molar-refractivity contribution in [2.75, 3.05) is 5.75 Å². The minimum atomic E-state index is -4.50. The fourth-order valence-corrected chi connectivity index (χ4v) is 4.17. The van der Waals surface area contributed by atoms with Gasteiger partial charge in [0.1, 0.15) is 14.8 Å². The molecule has 116 valence electrons. The van der Waals surface area contributed by atoms with Gasteiger partial charge in [0.2, 0.25) is 10.5 Å². The van der Waals surface area contributed by atoms with Crippen molar-refractivity contribution in [1.82, 2.24) is 0 Å². The van der Waals surface area contributed by atoms with Crippen LogP contribution in [0, 0.1) is 6.92 Å². The van der Waals surface area contributed by atoms with E-state index in [1.165, 1.54) is 29.5 Å². The summed E-state index contributed by atoms with van der Waals surface area (Å²) in [5.41, 5.74) is 0.722. The lowest BCUT2D eigenvalue weighted by molar-refractivity contribution is -0.672. The van der Waals surface area contributed by atoms with Gasteiger partial charge in [-0.25, -0.2) is 8.42 Å². The highest BCUT2D eigenvalue weighted by Crippen LogP contribution is 2.23. The van der Waals surface area contributed by atoms with Gasteiger partial charge in [-0.15, -0.1) is 0 Å². The van der Waals surface area contributed by atoms with Crippen molar-refractivity contribution in [2.24, 2.45) is 0 Å². The van der Waals surface area contributed by atoms with Crippen LogP contribution in [0.25, 0.3) is 10.2 Å². The van der Waals surface area contributed by atoms with Crippen molar-refractivity contribution in [2.45, 2.75) is 24.8 Å². The molecule has 0 aliphatic heterocycles. The first kappa shape index (κ1) is 16.3. The van der Waals surface area contributed by atoms with E-state index >= 15 is 0 Å². The second kappa shape index (κ2) is 5.61. The molecule has 1 aromatic carbocycles. The molecule has 7 nitrogen and oxygen atoms in total.